The molecule has 6 aromatic rings. The van der Waals surface area contributed by atoms with Gasteiger partial charge in [0.15, 0.2) is 0 Å². The van der Waals surface area contributed by atoms with Gasteiger partial charge < -0.3 is 9.13 Å². The maximum absolute atomic E-state index is 5.31. The molecule has 0 unspecified atom stereocenters. The molecule has 1 aliphatic rings. The maximum atomic E-state index is 5.31. The predicted molar refractivity (Wildman–Crippen MR) is 160 cm³/mol. The molecular weight excluding hydrogens is 490 g/mol. The van der Waals surface area contributed by atoms with Crippen molar-refractivity contribution < 1.29 is 0 Å². The van der Waals surface area contributed by atoms with Gasteiger partial charge in [-0.2, -0.15) is 0 Å². The molecule has 0 N–H and O–H groups in total. The van der Waals surface area contributed by atoms with E-state index >= 15 is 0 Å². The fourth-order valence-corrected chi connectivity index (χ4v) is 5.74. The van der Waals surface area contributed by atoms with Gasteiger partial charge in [0.1, 0.15) is 23.0 Å². The third-order valence-electron chi connectivity index (χ3n) is 8.18. The topological polar surface area (TPSA) is 48.5 Å². The zero-order valence-corrected chi connectivity index (χ0v) is 23.2. The van der Waals surface area contributed by atoms with E-state index in [2.05, 4.69) is 134 Å². The normalized spacial score (nSPS) is 14.9. The van der Waals surface area contributed by atoms with E-state index in [0.717, 1.165) is 51.2 Å². The van der Waals surface area contributed by atoms with Crippen LogP contribution in [0.5, 0.6) is 0 Å². The van der Waals surface area contributed by atoms with Gasteiger partial charge in [0.25, 0.3) is 0 Å². The Hall–Kier alpha value is -4.77. The molecule has 3 aromatic carbocycles. The average Bonchev–Trinajstić information content (AvgIpc) is 3.64. The molecule has 0 radical (unpaired) electrons. The Morgan fingerprint density at radius 3 is 1.70 bits per heavy atom. The molecule has 0 atom stereocenters. The van der Waals surface area contributed by atoms with Crippen molar-refractivity contribution >= 4 is 0 Å². The minimum atomic E-state index is -0.476. The van der Waals surface area contributed by atoms with E-state index in [1.54, 1.807) is 0 Å². The van der Waals surface area contributed by atoms with Gasteiger partial charge in [0.05, 0.1) is 11.1 Å². The van der Waals surface area contributed by atoms with Crippen LogP contribution in [0.1, 0.15) is 50.6 Å². The summed E-state index contributed by atoms with van der Waals surface area (Å²) in [6.07, 6.45) is 6.16. The van der Waals surface area contributed by atoms with E-state index in [4.69, 9.17) is 15.0 Å². The fourth-order valence-electron chi connectivity index (χ4n) is 5.74. The smallest absolute Gasteiger partial charge is 0.125 e. The second-order valence-electron chi connectivity index (χ2n) is 11.6. The average molecular weight is 522 g/mol. The van der Waals surface area contributed by atoms with Crippen LogP contribution in [-0.2, 0) is 10.8 Å². The summed E-state index contributed by atoms with van der Waals surface area (Å²) >= 11 is 0. The molecule has 4 heterocycles. The zero-order valence-electron chi connectivity index (χ0n) is 23.2. The highest BCUT2D eigenvalue weighted by molar-refractivity contribution is 5.66. The summed E-state index contributed by atoms with van der Waals surface area (Å²) in [7, 11) is 0. The number of imidazole rings is 2. The molecule has 0 fully saturated rings. The van der Waals surface area contributed by atoms with Gasteiger partial charge in [-0.25, -0.2) is 9.97 Å². The van der Waals surface area contributed by atoms with Gasteiger partial charge in [-0.05, 0) is 80.8 Å². The second-order valence-corrected chi connectivity index (χ2v) is 11.6. The molecule has 5 nitrogen and oxygen atoms in total. The molecule has 5 heteroatoms. The van der Waals surface area contributed by atoms with Crippen molar-refractivity contribution in [1.82, 2.24) is 24.1 Å². The highest BCUT2D eigenvalue weighted by Crippen LogP contribution is 2.39. The number of nitrogens with zero attached hydrogens (tertiary/aromatic N) is 5. The van der Waals surface area contributed by atoms with Crippen LogP contribution in [0, 0.1) is 0 Å². The lowest BCUT2D eigenvalue weighted by Gasteiger charge is -2.27. The number of rotatable bonds is 2. The third kappa shape index (κ3) is 3.81. The minimum absolute atomic E-state index is 0.381. The van der Waals surface area contributed by atoms with Crippen molar-refractivity contribution in [3.05, 3.63) is 139 Å². The number of hydrogen-bond donors (Lipinski definition) is 0. The first-order valence-electron chi connectivity index (χ1n) is 13.7. The monoisotopic (exact) mass is 521 g/mol. The summed E-state index contributed by atoms with van der Waals surface area (Å²) < 4.78 is 4.41. The predicted octanol–water partition coefficient (Wildman–Crippen LogP) is 7.75. The molecule has 0 spiro atoms. The van der Waals surface area contributed by atoms with Crippen LogP contribution in [0.25, 0.3) is 33.9 Å². The van der Waals surface area contributed by atoms with E-state index in [9.17, 15) is 0 Å². The Labute approximate surface area is 234 Å². The molecule has 0 amide bonds. The molecule has 7 rings (SSSR count). The second kappa shape index (κ2) is 8.88. The highest BCUT2D eigenvalue weighted by atomic mass is 15.1. The van der Waals surface area contributed by atoms with Crippen molar-refractivity contribution in [2.24, 2.45) is 0 Å². The molecule has 0 saturated carbocycles. The van der Waals surface area contributed by atoms with Crippen LogP contribution in [-0.4, -0.2) is 24.1 Å². The van der Waals surface area contributed by atoms with Crippen molar-refractivity contribution in [3.8, 4) is 33.9 Å². The largest absolute Gasteiger partial charge is 0.302 e. The van der Waals surface area contributed by atoms with Gasteiger partial charge in [-0.15, -0.1) is 0 Å². The molecule has 1 aliphatic heterocycles. The van der Waals surface area contributed by atoms with Crippen molar-refractivity contribution in [3.63, 3.8) is 0 Å². The molecular formula is C35H31N5. The molecule has 8 bridgehead atoms. The van der Waals surface area contributed by atoms with Crippen LogP contribution in [0.3, 0.4) is 0 Å². The minimum Gasteiger partial charge on any atom is -0.302 e. The lowest BCUT2D eigenvalue weighted by atomic mass is 9.81. The Kier molecular flexibility index (Phi) is 5.39. The summed E-state index contributed by atoms with van der Waals surface area (Å²) in [4.78, 5) is 15.5. The van der Waals surface area contributed by atoms with Gasteiger partial charge in [-0.1, -0.05) is 60.7 Å². The molecule has 0 aliphatic carbocycles. The summed E-state index contributed by atoms with van der Waals surface area (Å²) in [5.74, 6) is 1.88. The number of aromatic nitrogens is 5. The Morgan fingerprint density at radius 1 is 0.550 bits per heavy atom. The first-order valence-corrected chi connectivity index (χ1v) is 13.7. The highest BCUT2D eigenvalue weighted by Gasteiger charge is 2.34. The summed E-state index contributed by atoms with van der Waals surface area (Å²) in [6, 6.07) is 34.0. The van der Waals surface area contributed by atoms with E-state index in [0.29, 0.717) is 0 Å². The van der Waals surface area contributed by atoms with E-state index < -0.39 is 5.41 Å². The summed E-state index contributed by atoms with van der Waals surface area (Å²) in [5.41, 5.74) is 7.41. The quantitative estimate of drug-likeness (QED) is 0.234. The van der Waals surface area contributed by atoms with Crippen LogP contribution < -0.4 is 0 Å². The first-order chi connectivity index (χ1) is 19.3. The van der Waals surface area contributed by atoms with Gasteiger partial charge in [-0.3, -0.25) is 4.98 Å². The SMILES string of the molecule is CC1(C)c2cccc(c2)-c2ccnc(c2)C(C)(C)c2nc(cn2-c2ccccc2)-c2cn(-c3ccccc3)c1n2. The number of para-hydroxylation sites is 2. The van der Waals surface area contributed by atoms with E-state index in [-0.39, 0.29) is 5.41 Å². The zero-order chi connectivity index (χ0) is 27.5. The summed E-state index contributed by atoms with van der Waals surface area (Å²) in [6.45, 7) is 8.89. The molecule has 0 saturated heterocycles. The lowest BCUT2D eigenvalue weighted by molar-refractivity contribution is 0.561. The standard InChI is InChI=1S/C35H31N5/c1-34(2)26-13-11-12-24(20-26)25-18-19-36-31(21-25)35(3,4)33-38-30(23-40(33)28-16-9-6-10-17-28)29-22-39(32(34)37-29)27-14-7-5-8-15-27/h5-23H,1-4H3. The van der Waals surface area contributed by atoms with Crippen molar-refractivity contribution in [1.29, 1.82) is 0 Å². The summed E-state index contributed by atoms with van der Waals surface area (Å²) in [5, 5.41) is 0. The Balaban J connectivity index is 1.58. The van der Waals surface area contributed by atoms with Crippen LogP contribution in [0.4, 0.5) is 0 Å². The molecule has 3 aromatic heterocycles. The van der Waals surface area contributed by atoms with Gasteiger partial charge >= 0.3 is 0 Å². The number of pyridine rings is 1. The number of hydrogen-bond acceptors (Lipinski definition) is 3. The third-order valence-corrected chi connectivity index (χ3v) is 8.18. The van der Waals surface area contributed by atoms with Crippen LogP contribution in [0.2, 0.25) is 0 Å². The Morgan fingerprint density at radius 2 is 1.10 bits per heavy atom. The first kappa shape index (κ1) is 24.3. The number of benzene rings is 3. The van der Waals surface area contributed by atoms with Gasteiger partial charge in [0.2, 0.25) is 0 Å². The van der Waals surface area contributed by atoms with Crippen molar-refractivity contribution in [2.75, 3.05) is 0 Å². The van der Waals surface area contributed by atoms with Crippen LogP contribution >= 0.6 is 0 Å². The van der Waals surface area contributed by atoms with Gasteiger partial charge in [0, 0.05) is 35.4 Å². The lowest BCUT2D eigenvalue weighted by Crippen LogP contribution is -2.25. The maximum Gasteiger partial charge on any atom is 0.125 e. The number of fused-ring (bicyclic) bond motifs is 10. The molecule has 196 valence electrons. The van der Waals surface area contributed by atoms with Crippen molar-refractivity contribution in [2.45, 2.75) is 38.5 Å². The van der Waals surface area contributed by atoms with Crippen LogP contribution in [0.15, 0.2) is 116 Å². The van der Waals surface area contributed by atoms with E-state index in [1.165, 1.54) is 5.56 Å². The fraction of sp³-hybridized carbons (Fsp3) is 0.171. The molecule has 40 heavy (non-hydrogen) atoms. The Bertz CT molecular complexity index is 1700. The van der Waals surface area contributed by atoms with E-state index in [1.807, 2.05) is 18.3 Å².